The van der Waals surface area contributed by atoms with Gasteiger partial charge in [0.1, 0.15) is 0 Å². The zero-order valence-corrected chi connectivity index (χ0v) is 7.69. The highest BCUT2D eigenvalue weighted by Gasteiger charge is 2.18. The lowest BCUT2D eigenvalue weighted by Crippen LogP contribution is -2.46. The number of β-lactam (4-membered cyclic amide) rings is 1. The van der Waals surface area contributed by atoms with E-state index in [2.05, 4.69) is 5.32 Å². The van der Waals surface area contributed by atoms with Crippen molar-refractivity contribution in [2.24, 2.45) is 0 Å². The average molecular weight is 145 g/mol. The second-order valence-electron chi connectivity index (χ2n) is 1.67. The molecule has 1 amide bonds. The second kappa shape index (κ2) is 8.47. The number of rotatable bonds is 0. The van der Waals surface area contributed by atoms with E-state index in [1.807, 2.05) is 34.6 Å². The Kier molecular flexibility index (Phi) is 10.3. The van der Waals surface area contributed by atoms with Crippen molar-refractivity contribution in [2.75, 3.05) is 0 Å². The third-order valence-corrected chi connectivity index (χ3v) is 0.899. The second-order valence-corrected chi connectivity index (χ2v) is 1.67. The van der Waals surface area contributed by atoms with Crippen LogP contribution in [0.4, 0.5) is 0 Å². The minimum Gasteiger partial charge on any atom is -0.353 e. The van der Waals surface area contributed by atoms with Crippen LogP contribution in [0, 0.1) is 0 Å². The lowest BCUT2D eigenvalue weighted by atomic mass is 10.1. The van der Waals surface area contributed by atoms with E-state index in [0.29, 0.717) is 6.04 Å². The van der Waals surface area contributed by atoms with Gasteiger partial charge < -0.3 is 5.32 Å². The number of hydrogen-bond acceptors (Lipinski definition) is 1. The monoisotopic (exact) mass is 145 g/mol. The van der Waals surface area contributed by atoms with Crippen LogP contribution in [0.15, 0.2) is 0 Å². The zero-order valence-electron chi connectivity index (χ0n) is 7.69. The van der Waals surface area contributed by atoms with Gasteiger partial charge in [0.2, 0.25) is 5.91 Å². The van der Waals surface area contributed by atoms with Crippen LogP contribution in [0.25, 0.3) is 0 Å². The number of amides is 1. The fourth-order valence-corrected chi connectivity index (χ4v) is 0.532. The Morgan fingerprint density at radius 2 is 1.60 bits per heavy atom. The van der Waals surface area contributed by atoms with Crippen molar-refractivity contribution in [3.8, 4) is 0 Å². The molecule has 0 unspecified atom stereocenters. The summed E-state index contributed by atoms with van der Waals surface area (Å²) < 4.78 is 0. The molecule has 1 aliphatic heterocycles. The molecule has 0 bridgehead atoms. The molecule has 1 rings (SSSR count). The van der Waals surface area contributed by atoms with Crippen molar-refractivity contribution in [1.29, 1.82) is 0 Å². The Hall–Kier alpha value is -0.530. The van der Waals surface area contributed by atoms with Crippen LogP contribution in [-0.2, 0) is 4.79 Å². The van der Waals surface area contributed by atoms with Crippen molar-refractivity contribution in [3.05, 3.63) is 0 Å². The summed E-state index contributed by atoms with van der Waals surface area (Å²) in [6, 6.07) is 0.442. The van der Waals surface area contributed by atoms with Gasteiger partial charge >= 0.3 is 0 Å². The van der Waals surface area contributed by atoms with Crippen LogP contribution in [0.1, 0.15) is 41.0 Å². The van der Waals surface area contributed by atoms with Crippen LogP contribution < -0.4 is 5.32 Å². The molecule has 0 radical (unpaired) electrons. The molecule has 10 heavy (non-hydrogen) atoms. The first-order chi connectivity index (χ1) is 4.79. The van der Waals surface area contributed by atoms with Crippen molar-refractivity contribution in [3.63, 3.8) is 0 Å². The summed E-state index contributed by atoms with van der Waals surface area (Å²) in [5.74, 6) is 0.183. The number of hydrogen-bond donors (Lipinski definition) is 1. The normalized spacial score (nSPS) is 20.1. The molecular weight excluding hydrogens is 126 g/mol. The molecule has 0 spiro atoms. The third-order valence-electron chi connectivity index (χ3n) is 0.899. The van der Waals surface area contributed by atoms with E-state index in [1.165, 1.54) is 0 Å². The first-order valence-corrected chi connectivity index (χ1v) is 4.08. The maximum absolute atomic E-state index is 10.00. The predicted octanol–water partition coefficient (Wildman–Crippen LogP) is 1.95. The molecule has 62 valence electrons. The largest absolute Gasteiger partial charge is 0.353 e. The predicted molar refractivity (Wildman–Crippen MR) is 44.9 cm³/mol. The summed E-state index contributed by atoms with van der Waals surface area (Å²) in [6.45, 7) is 9.99. The maximum atomic E-state index is 10.00. The minimum atomic E-state index is 0.183. The smallest absolute Gasteiger partial charge is 0.222 e. The molecule has 2 heteroatoms. The molecule has 0 aliphatic carbocycles. The van der Waals surface area contributed by atoms with E-state index in [-0.39, 0.29) is 5.91 Å². The van der Waals surface area contributed by atoms with Gasteiger partial charge in [0, 0.05) is 12.5 Å². The summed E-state index contributed by atoms with van der Waals surface area (Å²) in [6.07, 6.45) is 0.722. The highest BCUT2D eigenvalue weighted by atomic mass is 16.2. The molecule has 1 atom stereocenters. The molecule has 0 aromatic heterocycles. The van der Waals surface area contributed by atoms with Crippen LogP contribution in [0.5, 0.6) is 0 Å². The first-order valence-electron chi connectivity index (χ1n) is 4.08. The van der Waals surface area contributed by atoms with Gasteiger partial charge in [-0.2, -0.15) is 0 Å². The summed E-state index contributed by atoms with van der Waals surface area (Å²) in [5.41, 5.74) is 0. The fourth-order valence-electron chi connectivity index (χ4n) is 0.532. The average Bonchev–Trinajstić information content (AvgIpc) is 1.95. The van der Waals surface area contributed by atoms with Crippen LogP contribution in [0.3, 0.4) is 0 Å². The molecule has 1 N–H and O–H groups in total. The van der Waals surface area contributed by atoms with E-state index in [4.69, 9.17) is 0 Å². The zero-order chi connectivity index (χ0) is 8.57. The van der Waals surface area contributed by atoms with Crippen molar-refractivity contribution < 1.29 is 4.79 Å². The van der Waals surface area contributed by atoms with Crippen LogP contribution >= 0.6 is 0 Å². The lowest BCUT2D eigenvalue weighted by molar-refractivity contribution is -0.127. The summed E-state index contributed by atoms with van der Waals surface area (Å²) >= 11 is 0. The highest BCUT2D eigenvalue weighted by Crippen LogP contribution is 1.99. The van der Waals surface area contributed by atoms with Gasteiger partial charge in [0.15, 0.2) is 0 Å². The van der Waals surface area contributed by atoms with Crippen molar-refractivity contribution in [1.82, 2.24) is 5.32 Å². The fraction of sp³-hybridized carbons (Fsp3) is 0.875. The minimum absolute atomic E-state index is 0.183. The third kappa shape index (κ3) is 5.60. The van der Waals surface area contributed by atoms with Gasteiger partial charge in [0.05, 0.1) is 0 Å². The molecule has 1 aliphatic rings. The quantitative estimate of drug-likeness (QED) is 0.519. The Morgan fingerprint density at radius 1 is 1.30 bits per heavy atom. The topological polar surface area (TPSA) is 29.1 Å². The Bertz CT molecular complexity index is 73.3. The molecule has 1 saturated heterocycles. The number of nitrogens with one attached hydrogen (secondary N) is 1. The van der Waals surface area contributed by atoms with Gasteiger partial charge in [-0.3, -0.25) is 4.79 Å². The lowest BCUT2D eigenvalue weighted by Gasteiger charge is -2.21. The molecule has 2 nitrogen and oxygen atoms in total. The van der Waals surface area contributed by atoms with Crippen LogP contribution in [-0.4, -0.2) is 11.9 Å². The molecule has 0 aromatic carbocycles. The van der Waals surface area contributed by atoms with Crippen LogP contribution in [0.2, 0.25) is 0 Å². The Balaban J connectivity index is 0. The van der Waals surface area contributed by atoms with Gasteiger partial charge in [-0.05, 0) is 6.92 Å². The van der Waals surface area contributed by atoms with Crippen molar-refractivity contribution in [2.45, 2.75) is 47.1 Å². The van der Waals surface area contributed by atoms with Gasteiger partial charge in [-0.15, -0.1) is 0 Å². The molecule has 1 fully saturated rings. The molecule has 0 aromatic rings. The van der Waals surface area contributed by atoms with E-state index < -0.39 is 0 Å². The summed E-state index contributed by atoms with van der Waals surface area (Å²) in [4.78, 5) is 10.00. The van der Waals surface area contributed by atoms with Gasteiger partial charge in [-0.1, -0.05) is 27.7 Å². The molecule has 1 heterocycles. The van der Waals surface area contributed by atoms with E-state index >= 15 is 0 Å². The van der Waals surface area contributed by atoms with E-state index in [0.717, 1.165) is 6.42 Å². The van der Waals surface area contributed by atoms with Gasteiger partial charge in [0.25, 0.3) is 0 Å². The van der Waals surface area contributed by atoms with Crippen molar-refractivity contribution >= 4 is 5.91 Å². The molecular formula is C8H19NO. The summed E-state index contributed by atoms with van der Waals surface area (Å²) in [7, 11) is 0. The van der Waals surface area contributed by atoms with Gasteiger partial charge in [-0.25, -0.2) is 0 Å². The first kappa shape index (κ1) is 12.2. The molecule has 0 saturated carbocycles. The maximum Gasteiger partial charge on any atom is 0.222 e. The van der Waals surface area contributed by atoms with E-state index in [1.54, 1.807) is 0 Å². The Morgan fingerprint density at radius 3 is 1.60 bits per heavy atom. The number of carbonyl (C=O) groups is 1. The van der Waals surface area contributed by atoms with E-state index in [9.17, 15) is 4.79 Å². The SMILES string of the molecule is CC.CC.C[C@@H]1CC(=O)N1. The standard InChI is InChI=1S/C4H7NO.2C2H6/c1-3-2-4(6)5-3;2*1-2/h3H,2H2,1H3,(H,5,6);2*1-2H3/t3-;;/m1../s1. The summed E-state index contributed by atoms with van der Waals surface area (Å²) in [5, 5.41) is 2.67. The Labute approximate surface area is 64.0 Å². The highest BCUT2D eigenvalue weighted by molar-refractivity contribution is 5.82. The number of carbonyl (C=O) groups excluding carboxylic acids is 1.